The Labute approximate surface area is 151 Å². The molecule has 0 bridgehead atoms. The molecule has 2 aromatic carbocycles. The summed E-state index contributed by atoms with van der Waals surface area (Å²) in [5, 5.41) is 2.39. The van der Waals surface area contributed by atoms with E-state index in [0.717, 1.165) is 12.0 Å². The van der Waals surface area contributed by atoms with Crippen molar-refractivity contribution in [3.8, 4) is 0 Å². The van der Waals surface area contributed by atoms with E-state index < -0.39 is 14.6 Å². The fourth-order valence-electron chi connectivity index (χ4n) is 3.85. The van der Waals surface area contributed by atoms with Gasteiger partial charge in [0, 0.05) is 6.42 Å². The van der Waals surface area contributed by atoms with Crippen LogP contribution in [0.5, 0.6) is 0 Å². The molecule has 1 unspecified atom stereocenters. The van der Waals surface area contributed by atoms with Crippen molar-refractivity contribution in [2.24, 2.45) is 0 Å². The molecule has 0 saturated heterocycles. The monoisotopic (exact) mass is 422 g/mol. The highest BCUT2D eigenvalue weighted by Crippen LogP contribution is 2.42. The van der Waals surface area contributed by atoms with Gasteiger partial charge in [-0.05, 0) is 85.2 Å². The summed E-state index contributed by atoms with van der Waals surface area (Å²) < 4.78 is 5.81. The second-order valence-corrected chi connectivity index (χ2v) is 9.98. The molecule has 0 spiro atoms. The molecule has 2 nitrogen and oxygen atoms in total. The van der Waals surface area contributed by atoms with Crippen molar-refractivity contribution in [3.63, 3.8) is 0 Å². The highest BCUT2D eigenvalue weighted by molar-refractivity contribution is 14.1. The third-order valence-electron chi connectivity index (χ3n) is 4.73. The molecule has 1 heterocycles. The Morgan fingerprint density at radius 2 is 1.57 bits per heavy atom. The van der Waals surface area contributed by atoms with Gasteiger partial charge in [0.25, 0.3) is 0 Å². The van der Waals surface area contributed by atoms with Gasteiger partial charge < -0.3 is 4.74 Å². The number of carbonyl (C=O) groups excluding carboxylic acids is 1. The molecule has 1 aliphatic rings. The number of alkyl halides is 1. The van der Waals surface area contributed by atoms with Crippen molar-refractivity contribution < 1.29 is 9.53 Å². The lowest BCUT2D eigenvalue weighted by atomic mass is 9.71. The van der Waals surface area contributed by atoms with Gasteiger partial charge in [0.2, 0.25) is 0 Å². The van der Waals surface area contributed by atoms with Gasteiger partial charge >= 0.3 is 0 Å². The van der Waals surface area contributed by atoms with E-state index in [1.54, 1.807) is 0 Å². The molecule has 0 saturated carbocycles. The van der Waals surface area contributed by atoms with E-state index in [-0.39, 0.29) is 5.78 Å². The second kappa shape index (κ2) is 5.28. The van der Waals surface area contributed by atoms with Crippen LogP contribution in [0.1, 0.15) is 45.7 Å². The van der Waals surface area contributed by atoms with Crippen molar-refractivity contribution in [2.45, 2.75) is 55.7 Å². The number of carbonyl (C=O) groups is 1. The zero-order valence-corrected chi connectivity index (χ0v) is 16.5. The first-order chi connectivity index (χ1) is 10.5. The van der Waals surface area contributed by atoms with Crippen LogP contribution in [0.3, 0.4) is 0 Å². The summed E-state index contributed by atoms with van der Waals surface area (Å²) in [6.07, 6.45) is 0.786. The number of ketones is 1. The number of hydrogen-bond acceptors (Lipinski definition) is 2. The van der Waals surface area contributed by atoms with Crippen LogP contribution in [-0.2, 0) is 21.4 Å². The topological polar surface area (TPSA) is 26.3 Å². The van der Waals surface area contributed by atoms with E-state index in [4.69, 9.17) is 4.74 Å². The SMILES string of the molecule is CC1(I)Cc2cc3ccccc3cc2C(C)(C)C(=O)C(C)(C)O1. The number of hydrogen-bond donors (Lipinski definition) is 0. The Morgan fingerprint density at radius 3 is 2.17 bits per heavy atom. The Hall–Kier alpha value is -0.940. The number of fused-ring (bicyclic) bond motifs is 2. The van der Waals surface area contributed by atoms with E-state index in [1.807, 2.05) is 33.8 Å². The van der Waals surface area contributed by atoms with Gasteiger partial charge in [-0.1, -0.05) is 30.3 Å². The van der Waals surface area contributed by atoms with E-state index in [0.29, 0.717) is 0 Å². The van der Waals surface area contributed by atoms with Gasteiger partial charge in [0.05, 0.1) is 5.41 Å². The van der Waals surface area contributed by atoms with Crippen LogP contribution in [0.25, 0.3) is 10.8 Å². The van der Waals surface area contributed by atoms with Gasteiger partial charge in [-0.25, -0.2) is 0 Å². The first kappa shape index (κ1) is 16.9. The Kier molecular flexibility index (Phi) is 3.88. The predicted octanol–water partition coefficient (Wildman–Crippen LogP) is 5.19. The summed E-state index contributed by atoms with van der Waals surface area (Å²) in [6, 6.07) is 12.7. The number of rotatable bonds is 0. The van der Waals surface area contributed by atoms with Crippen LogP contribution in [0, 0.1) is 0 Å². The van der Waals surface area contributed by atoms with Gasteiger partial charge in [-0.3, -0.25) is 4.79 Å². The number of halogens is 1. The maximum atomic E-state index is 13.2. The molecule has 122 valence electrons. The molecule has 1 aliphatic heterocycles. The van der Waals surface area contributed by atoms with Gasteiger partial charge in [-0.2, -0.15) is 0 Å². The maximum absolute atomic E-state index is 13.2. The van der Waals surface area contributed by atoms with Crippen molar-refractivity contribution in [1.29, 1.82) is 0 Å². The van der Waals surface area contributed by atoms with Crippen LogP contribution in [-0.4, -0.2) is 15.0 Å². The Balaban J connectivity index is 2.31. The molecule has 1 atom stereocenters. The number of ether oxygens (including phenoxy) is 1. The van der Waals surface area contributed by atoms with Crippen LogP contribution < -0.4 is 0 Å². The average molecular weight is 422 g/mol. The molecule has 3 rings (SSSR count). The quantitative estimate of drug-likeness (QED) is 0.432. The molecule has 0 N–H and O–H groups in total. The summed E-state index contributed by atoms with van der Waals surface area (Å²) in [7, 11) is 0. The van der Waals surface area contributed by atoms with Crippen LogP contribution >= 0.6 is 22.6 Å². The highest BCUT2D eigenvalue weighted by atomic mass is 127. The molecule has 0 aromatic heterocycles. The number of Topliss-reactive ketones (excluding diaryl/α,β-unsaturated/α-hetero) is 1. The largest absolute Gasteiger partial charge is 0.351 e. The fraction of sp³-hybridized carbons (Fsp3) is 0.450. The molecule has 23 heavy (non-hydrogen) atoms. The smallest absolute Gasteiger partial charge is 0.174 e. The molecule has 0 aliphatic carbocycles. The van der Waals surface area contributed by atoms with Crippen molar-refractivity contribution in [1.82, 2.24) is 0 Å². The normalized spacial score (nSPS) is 26.4. The van der Waals surface area contributed by atoms with E-state index >= 15 is 0 Å². The Bertz CT molecular complexity index is 787. The predicted molar refractivity (Wildman–Crippen MR) is 103 cm³/mol. The third kappa shape index (κ3) is 2.93. The minimum absolute atomic E-state index is 0.129. The maximum Gasteiger partial charge on any atom is 0.174 e. The van der Waals surface area contributed by atoms with E-state index in [2.05, 4.69) is 59.8 Å². The van der Waals surface area contributed by atoms with Gasteiger partial charge in [0.1, 0.15) is 9.21 Å². The molecule has 2 aromatic rings. The summed E-state index contributed by atoms with van der Waals surface area (Å²) in [4.78, 5) is 13.2. The lowest BCUT2D eigenvalue weighted by Crippen LogP contribution is -2.52. The summed E-state index contributed by atoms with van der Waals surface area (Å²) in [5.41, 5.74) is 0.952. The van der Waals surface area contributed by atoms with Gasteiger partial charge in [0.15, 0.2) is 5.78 Å². The van der Waals surface area contributed by atoms with Crippen molar-refractivity contribution >= 4 is 39.1 Å². The first-order valence-corrected chi connectivity index (χ1v) is 9.07. The zero-order valence-electron chi connectivity index (χ0n) is 14.4. The van der Waals surface area contributed by atoms with Gasteiger partial charge in [-0.15, -0.1) is 0 Å². The lowest BCUT2D eigenvalue weighted by Gasteiger charge is -2.42. The minimum atomic E-state index is -0.803. The summed E-state index contributed by atoms with van der Waals surface area (Å²) >= 11 is 2.33. The molecular weight excluding hydrogens is 399 g/mol. The zero-order chi connectivity index (χ0) is 17.0. The molecule has 0 radical (unpaired) electrons. The third-order valence-corrected chi connectivity index (χ3v) is 5.34. The van der Waals surface area contributed by atoms with Crippen molar-refractivity contribution in [2.75, 3.05) is 0 Å². The molecule has 0 fully saturated rings. The highest BCUT2D eigenvalue weighted by Gasteiger charge is 2.47. The van der Waals surface area contributed by atoms with Crippen LogP contribution in [0.4, 0.5) is 0 Å². The summed E-state index contributed by atoms with van der Waals surface area (Å²) in [6.45, 7) is 9.87. The minimum Gasteiger partial charge on any atom is -0.351 e. The molecule has 3 heteroatoms. The lowest BCUT2D eigenvalue weighted by molar-refractivity contribution is -0.154. The molecule has 0 amide bonds. The van der Waals surface area contributed by atoms with E-state index in [9.17, 15) is 4.79 Å². The van der Waals surface area contributed by atoms with Crippen LogP contribution in [0.2, 0.25) is 0 Å². The summed E-state index contributed by atoms with van der Waals surface area (Å²) in [5.74, 6) is 0.129. The first-order valence-electron chi connectivity index (χ1n) is 7.99. The standard InChI is InChI=1S/C20H23IO2/c1-18(2)16-11-14-9-7-6-8-13(14)10-15(16)12-20(5,21)23-19(3,4)17(18)22/h6-11H,12H2,1-5H3. The van der Waals surface area contributed by atoms with Crippen LogP contribution in [0.15, 0.2) is 36.4 Å². The fourth-order valence-corrected chi connectivity index (χ4v) is 4.81. The molecular formula is C20H23IO2. The average Bonchev–Trinajstić information content (AvgIpc) is 2.43. The number of benzene rings is 2. The Morgan fingerprint density at radius 1 is 1.00 bits per heavy atom. The second-order valence-electron chi connectivity index (χ2n) is 7.70. The van der Waals surface area contributed by atoms with Crippen molar-refractivity contribution in [3.05, 3.63) is 47.5 Å². The van der Waals surface area contributed by atoms with E-state index in [1.165, 1.54) is 16.3 Å².